The number of carbonyl (C=O) groups excluding carboxylic acids is 1. The molecule has 2 N–H and O–H groups in total. The Morgan fingerprint density at radius 2 is 2.17 bits per heavy atom. The third-order valence-electron chi connectivity index (χ3n) is 2.33. The van der Waals surface area contributed by atoms with Crippen LogP contribution in [-0.2, 0) is 4.74 Å². The Morgan fingerprint density at radius 3 is 2.78 bits per heavy atom. The lowest BCUT2D eigenvalue weighted by molar-refractivity contribution is -0.00818. The lowest BCUT2D eigenvalue weighted by Gasteiger charge is -2.24. The Labute approximate surface area is 107 Å². The van der Waals surface area contributed by atoms with Crippen LogP contribution in [0.4, 0.5) is 5.82 Å². The molecule has 1 aromatic heterocycles. The predicted molar refractivity (Wildman–Crippen MR) is 69.6 cm³/mol. The third kappa shape index (κ3) is 4.29. The van der Waals surface area contributed by atoms with Crippen molar-refractivity contribution >= 4 is 11.7 Å². The number of hydrogen-bond donors (Lipinski definition) is 2. The molecule has 1 rings (SSSR count). The minimum absolute atomic E-state index is 0.257. The van der Waals surface area contributed by atoms with Crippen LogP contribution in [0.3, 0.4) is 0 Å². The van der Waals surface area contributed by atoms with Gasteiger partial charge in [-0.2, -0.15) is 0 Å². The van der Waals surface area contributed by atoms with Crippen molar-refractivity contribution in [3.63, 3.8) is 0 Å². The first-order valence-corrected chi connectivity index (χ1v) is 5.90. The molecular weight excluding hydrogens is 232 g/mol. The van der Waals surface area contributed by atoms with E-state index in [-0.39, 0.29) is 11.6 Å². The average Bonchev–Trinajstić information content (AvgIpc) is 2.36. The van der Waals surface area contributed by atoms with E-state index in [9.17, 15) is 4.79 Å². The van der Waals surface area contributed by atoms with Crippen molar-refractivity contribution < 1.29 is 9.53 Å². The van der Waals surface area contributed by atoms with Crippen LogP contribution in [0.2, 0.25) is 0 Å². The predicted octanol–water partition coefficient (Wildman–Crippen LogP) is 1.06. The number of rotatable bonds is 6. The van der Waals surface area contributed by atoms with Gasteiger partial charge in [-0.25, -0.2) is 4.98 Å². The van der Waals surface area contributed by atoms with Crippen molar-refractivity contribution in [2.24, 2.45) is 0 Å². The van der Waals surface area contributed by atoms with Crippen LogP contribution in [0, 0.1) is 0 Å². The van der Waals surface area contributed by atoms with Crippen LogP contribution in [-0.4, -0.2) is 41.7 Å². The molecule has 0 bridgehead atoms. The van der Waals surface area contributed by atoms with Gasteiger partial charge in [-0.1, -0.05) is 0 Å². The number of nitrogens with one attached hydrogen (secondary N) is 2. The summed E-state index contributed by atoms with van der Waals surface area (Å²) in [6.45, 7) is 6.80. The highest BCUT2D eigenvalue weighted by atomic mass is 16.5. The molecule has 100 valence electrons. The van der Waals surface area contributed by atoms with Gasteiger partial charge < -0.3 is 15.4 Å². The van der Waals surface area contributed by atoms with E-state index in [2.05, 4.69) is 20.6 Å². The molecule has 6 heteroatoms. The van der Waals surface area contributed by atoms with Crippen LogP contribution in [0.25, 0.3) is 0 Å². The second-order valence-corrected chi connectivity index (χ2v) is 4.41. The van der Waals surface area contributed by atoms with Crippen LogP contribution in [0.15, 0.2) is 12.4 Å². The zero-order valence-corrected chi connectivity index (χ0v) is 11.3. The van der Waals surface area contributed by atoms with Crippen molar-refractivity contribution in [3.8, 4) is 0 Å². The van der Waals surface area contributed by atoms with Crippen LogP contribution in [0.5, 0.6) is 0 Å². The second-order valence-electron chi connectivity index (χ2n) is 4.41. The summed E-state index contributed by atoms with van der Waals surface area (Å²) in [5, 5.41) is 5.62. The molecule has 0 aromatic carbocycles. The fourth-order valence-electron chi connectivity index (χ4n) is 1.42. The molecule has 0 unspecified atom stereocenters. The maximum atomic E-state index is 11.9. The summed E-state index contributed by atoms with van der Waals surface area (Å²) in [6.07, 6.45) is 2.99. The number of carbonyl (C=O) groups is 1. The maximum absolute atomic E-state index is 11.9. The highest BCUT2D eigenvalue weighted by molar-refractivity contribution is 5.92. The standard InChI is InChI=1S/C12H20N4O2/c1-5-18-12(2,3)8-15-11(17)9-6-14-7-10(13-4)16-9/h6-7H,5,8H2,1-4H3,(H,13,16)(H,15,17). The van der Waals surface area contributed by atoms with E-state index in [1.165, 1.54) is 6.20 Å². The summed E-state index contributed by atoms with van der Waals surface area (Å²) >= 11 is 0. The lowest BCUT2D eigenvalue weighted by Crippen LogP contribution is -2.40. The molecule has 0 aliphatic heterocycles. The highest BCUT2D eigenvalue weighted by Crippen LogP contribution is 2.07. The number of nitrogens with zero attached hydrogens (tertiary/aromatic N) is 2. The Morgan fingerprint density at radius 1 is 1.44 bits per heavy atom. The largest absolute Gasteiger partial charge is 0.374 e. The first-order valence-electron chi connectivity index (χ1n) is 5.90. The Bertz CT molecular complexity index is 407. The number of anilines is 1. The molecule has 0 atom stereocenters. The summed E-state index contributed by atoms with van der Waals surface area (Å²) in [7, 11) is 1.73. The van der Waals surface area contributed by atoms with Gasteiger partial charge in [-0.15, -0.1) is 0 Å². The zero-order chi connectivity index (χ0) is 13.6. The van der Waals surface area contributed by atoms with Crippen molar-refractivity contribution in [3.05, 3.63) is 18.1 Å². The molecule has 0 aliphatic rings. The first kappa shape index (κ1) is 14.4. The van der Waals surface area contributed by atoms with Crippen molar-refractivity contribution in [2.75, 3.05) is 25.5 Å². The fraction of sp³-hybridized carbons (Fsp3) is 0.583. The maximum Gasteiger partial charge on any atom is 0.271 e. The van der Waals surface area contributed by atoms with E-state index >= 15 is 0 Å². The van der Waals surface area contributed by atoms with Gasteiger partial charge in [0, 0.05) is 20.2 Å². The van der Waals surface area contributed by atoms with Gasteiger partial charge in [-0.05, 0) is 20.8 Å². The summed E-state index contributed by atoms with van der Waals surface area (Å²) in [4.78, 5) is 19.9. The van der Waals surface area contributed by atoms with E-state index in [4.69, 9.17) is 4.74 Å². The molecule has 1 amide bonds. The topological polar surface area (TPSA) is 76.1 Å². The third-order valence-corrected chi connectivity index (χ3v) is 2.33. The van der Waals surface area contributed by atoms with Crippen LogP contribution >= 0.6 is 0 Å². The van der Waals surface area contributed by atoms with Gasteiger partial charge >= 0.3 is 0 Å². The number of hydrogen-bond acceptors (Lipinski definition) is 5. The smallest absolute Gasteiger partial charge is 0.271 e. The number of aromatic nitrogens is 2. The van der Waals surface area contributed by atoms with Crippen LogP contribution in [0.1, 0.15) is 31.3 Å². The number of ether oxygens (including phenoxy) is 1. The van der Waals surface area contributed by atoms with Gasteiger partial charge in [0.25, 0.3) is 5.91 Å². The summed E-state index contributed by atoms with van der Waals surface area (Å²) in [6, 6.07) is 0. The van der Waals surface area contributed by atoms with Gasteiger partial charge in [-0.3, -0.25) is 9.78 Å². The molecule has 0 radical (unpaired) electrons. The van der Waals surface area contributed by atoms with E-state index < -0.39 is 5.60 Å². The Hall–Kier alpha value is -1.69. The van der Waals surface area contributed by atoms with E-state index in [1.807, 2.05) is 20.8 Å². The minimum atomic E-state index is -0.390. The summed E-state index contributed by atoms with van der Waals surface area (Å²) < 4.78 is 5.50. The Kier molecular flexibility index (Phi) is 5.03. The molecule has 0 spiro atoms. The van der Waals surface area contributed by atoms with Crippen molar-refractivity contribution in [1.29, 1.82) is 0 Å². The van der Waals surface area contributed by atoms with Gasteiger partial charge in [0.2, 0.25) is 0 Å². The molecular formula is C12H20N4O2. The quantitative estimate of drug-likeness (QED) is 0.792. The van der Waals surface area contributed by atoms with Crippen molar-refractivity contribution in [2.45, 2.75) is 26.4 Å². The second kappa shape index (κ2) is 6.30. The van der Waals surface area contributed by atoms with E-state index in [0.717, 1.165) is 0 Å². The molecule has 1 aromatic rings. The Balaban J connectivity index is 2.60. The van der Waals surface area contributed by atoms with Gasteiger partial charge in [0.1, 0.15) is 11.5 Å². The molecule has 1 heterocycles. The van der Waals surface area contributed by atoms with E-state index in [0.29, 0.717) is 19.0 Å². The molecule has 18 heavy (non-hydrogen) atoms. The molecule has 0 fully saturated rings. The van der Waals surface area contributed by atoms with E-state index in [1.54, 1.807) is 13.2 Å². The SMILES string of the molecule is CCOC(C)(C)CNC(=O)c1cncc(NC)n1. The van der Waals surface area contributed by atoms with Gasteiger partial charge in [0.15, 0.2) is 0 Å². The van der Waals surface area contributed by atoms with Crippen molar-refractivity contribution in [1.82, 2.24) is 15.3 Å². The number of amides is 1. The molecule has 0 saturated carbocycles. The molecule has 6 nitrogen and oxygen atoms in total. The average molecular weight is 252 g/mol. The lowest BCUT2D eigenvalue weighted by atomic mass is 10.1. The highest BCUT2D eigenvalue weighted by Gasteiger charge is 2.19. The molecule has 0 aliphatic carbocycles. The zero-order valence-electron chi connectivity index (χ0n) is 11.3. The summed E-state index contributed by atoms with van der Waals surface area (Å²) in [5.74, 6) is 0.305. The minimum Gasteiger partial charge on any atom is -0.374 e. The monoisotopic (exact) mass is 252 g/mol. The van der Waals surface area contributed by atoms with Crippen LogP contribution < -0.4 is 10.6 Å². The van der Waals surface area contributed by atoms with Gasteiger partial charge in [0.05, 0.1) is 18.0 Å². The summed E-state index contributed by atoms with van der Waals surface area (Å²) in [5.41, 5.74) is -0.104. The fourth-order valence-corrected chi connectivity index (χ4v) is 1.42. The normalized spacial score (nSPS) is 11.1. The molecule has 0 saturated heterocycles. The first-order chi connectivity index (χ1) is 8.48.